The van der Waals surface area contributed by atoms with Gasteiger partial charge in [-0.25, -0.2) is 0 Å². The third-order valence-corrected chi connectivity index (χ3v) is 2.98. The Bertz CT molecular complexity index is 235. The van der Waals surface area contributed by atoms with Crippen LogP contribution in [0.1, 0.15) is 32.6 Å². The Hall–Kier alpha value is -0.570. The van der Waals surface area contributed by atoms with Crippen molar-refractivity contribution >= 4 is 17.3 Å². The van der Waals surface area contributed by atoms with Crippen LogP contribution in [-0.2, 0) is 0 Å². The summed E-state index contributed by atoms with van der Waals surface area (Å²) in [5.41, 5.74) is 0.302. The summed E-state index contributed by atoms with van der Waals surface area (Å²) in [6.45, 7) is 2.22. The van der Waals surface area contributed by atoms with Crippen LogP contribution in [0.15, 0.2) is 12.2 Å². The Morgan fingerprint density at radius 1 is 1.38 bits per heavy atom. The summed E-state index contributed by atoms with van der Waals surface area (Å²) in [5.74, 6) is 0. The van der Waals surface area contributed by atoms with Crippen molar-refractivity contribution in [2.75, 3.05) is 0 Å². The number of nitrogens with one attached hydrogen (secondary N) is 2. The van der Waals surface area contributed by atoms with Crippen molar-refractivity contribution < 1.29 is 0 Å². The molecule has 1 saturated carbocycles. The second-order valence-corrected chi connectivity index (χ2v) is 4.71. The van der Waals surface area contributed by atoms with E-state index >= 15 is 0 Å². The van der Waals surface area contributed by atoms with Gasteiger partial charge in [0.2, 0.25) is 0 Å². The molecule has 0 aromatic carbocycles. The quantitative estimate of drug-likeness (QED) is 0.519. The maximum Gasteiger partial charge on any atom is 0.166 e. The zero-order valence-electron chi connectivity index (χ0n) is 7.97. The summed E-state index contributed by atoms with van der Waals surface area (Å²) >= 11 is 5.23. The molecule has 1 fully saturated rings. The molecule has 0 aromatic heterocycles. The topological polar surface area (TPSA) is 24.1 Å². The Morgan fingerprint density at radius 3 is 2.54 bits per heavy atom. The molecule has 0 radical (unpaired) electrons. The summed E-state index contributed by atoms with van der Waals surface area (Å²) in [4.78, 5) is 0. The second-order valence-electron chi connectivity index (χ2n) is 4.30. The maximum absolute atomic E-state index is 5.23. The molecule has 2 aliphatic carbocycles. The number of hydrogen-bond donors (Lipinski definition) is 2. The van der Waals surface area contributed by atoms with Gasteiger partial charge in [-0.3, -0.25) is 0 Å². The lowest BCUT2D eigenvalue weighted by atomic mass is 10.2. The van der Waals surface area contributed by atoms with Crippen molar-refractivity contribution in [3.63, 3.8) is 0 Å². The van der Waals surface area contributed by atoms with Crippen LogP contribution in [-0.4, -0.2) is 16.7 Å². The van der Waals surface area contributed by atoms with Gasteiger partial charge in [0.15, 0.2) is 5.11 Å². The van der Waals surface area contributed by atoms with Crippen LogP contribution >= 0.6 is 12.2 Å². The Morgan fingerprint density at radius 2 is 2.00 bits per heavy atom. The summed E-state index contributed by atoms with van der Waals surface area (Å²) in [6.07, 6.45) is 9.13. The van der Waals surface area contributed by atoms with E-state index in [4.69, 9.17) is 12.2 Å². The average molecular weight is 196 g/mol. The van der Waals surface area contributed by atoms with Crippen LogP contribution < -0.4 is 10.6 Å². The van der Waals surface area contributed by atoms with Gasteiger partial charge in [-0.05, 0) is 44.8 Å². The Balaban J connectivity index is 1.72. The van der Waals surface area contributed by atoms with Crippen LogP contribution in [0.2, 0.25) is 0 Å². The summed E-state index contributed by atoms with van der Waals surface area (Å²) < 4.78 is 0. The van der Waals surface area contributed by atoms with Crippen LogP contribution in [0.3, 0.4) is 0 Å². The minimum Gasteiger partial charge on any atom is -0.359 e. The smallest absolute Gasteiger partial charge is 0.166 e. The van der Waals surface area contributed by atoms with E-state index in [1.54, 1.807) is 0 Å². The number of rotatable bonds is 2. The fourth-order valence-electron chi connectivity index (χ4n) is 1.54. The lowest BCUT2D eigenvalue weighted by Crippen LogP contribution is -2.45. The van der Waals surface area contributed by atoms with Gasteiger partial charge in [-0.1, -0.05) is 12.2 Å². The molecule has 0 aliphatic heterocycles. The van der Waals surface area contributed by atoms with Crippen molar-refractivity contribution in [2.24, 2.45) is 0 Å². The summed E-state index contributed by atoms with van der Waals surface area (Å²) in [6, 6.07) is 0.530. The number of hydrogen-bond acceptors (Lipinski definition) is 1. The summed E-state index contributed by atoms with van der Waals surface area (Å²) in [7, 11) is 0. The van der Waals surface area contributed by atoms with Gasteiger partial charge in [-0.15, -0.1) is 0 Å². The first kappa shape index (κ1) is 9.00. The predicted octanol–water partition coefficient (Wildman–Crippen LogP) is 1.72. The first-order valence-corrected chi connectivity index (χ1v) is 5.32. The van der Waals surface area contributed by atoms with Crippen LogP contribution in [0.25, 0.3) is 0 Å². The van der Waals surface area contributed by atoms with E-state index in [0.29, 0.717) is 11.6 Å². The molecule has 2 rings (SSSR count). The standard InChI is InChI=1S/C10H16N2S/c1-10(6-7-10)12-9(13)11-8-4-2-3-5-8/h2-3,8H,4-7H2,1H3,(H2,11,12,13). The van der Waals surface area contributed by atoms with Gasteiger partial charge < -0.3 is 10.6 Å². The highest BCUT2D eigenvalue weighted by Gasteiger charge is 2.37. The molecule has 0 bridgehead atoms. The molecule has 0 saturated heterocycles. The molecular formula is C10H16N2S. The van der Waals surface area contributed by atoms with E-state index in [-0.39, 0.29) is 0 Å². The van der Waals surface area contributed by atoms with Gasteiger partial charge in [0.1, 0.15) is 0 Å². The van der Waals surface area contributed by atoms with Crippen LogP contribution in [0.5, 0.6) is 0 Å². The van der Waals surface area contributed by atoms with Gasteiger partial charge >= 0.3 is 0 Å². The van der Waals surface area contributed by atoms with E-state index < -0.39 is 0 Å². The van der Waals surface area contributed by atoms with Gasteiger partial charge in [0.25, 0.3) is 0 Å². The highest BCUT2D eigenvalue weighted by molar-refractivity contribution is 7.80. The first-order valence-electron chi connectivity index (χ1n) is 4.92. The molecule has 2 N–H and O–H groups in total. The average Bonchev–Trinajstić information content (AvgIpc) is 2.61. The Kier molecular flexibility index (Phi) is 2.28. The van der Waals surface area contributed by atoms with E-state index in [2.05, 4.69) is 29.7 Å². The predicted molar refractivity (Wildman–Crippen MR) is 58.7 cm³/mol. The molecule has 2 nitrogen and oxygen atoms in total. The third kappa shape index (κ3) is 2.44. The van der Waals surface area contributed by atoms with Crippen molar-refractivity contribution in [3.8, 4) is 0 Å². The first-order chi connectivity index (χ1) is 6.18. The van der Waals surface area contributed by atoms with Crippen molar-refractivity contribution in [2.45, 2.75) is 44.2 Å². The van der Waals surface area contributed by atoms with E-state index in [9.17, 15) is 0 Å². The fraction of sp³-hybridized carbons (Fsp3) is 0.700. The molecule has 2 aliphatic rings. The zero-order valence-corrected chi connectivity index (χ0v) is 8.79. The molecule has 0 amide bonds. The van der Waals surface area contributed by atoms with Gasteiger partial charge in [0.05, 0.1) is 0 Å². The van der Waals surface area contributed by atoms with E-state index in [1.165, 1.54) is 12.8 Å². The van der Waals surface area contributed by atoms with Crippen LogP contribution in [0.4, 0.5) is 0 Å². The largest absolute Gasteiger partial charge is 0.359 e. The molecule has 0 atom stereocenters. The molecule has 0 spiro atoms. The zero-order chi connectivity index (χ0) is 9.31. The van der Waals surface area contributed by atoms with Gasteiger partial charge in [0, 0.05) is 11.6 Å². The van der Waals surface area contributed by atoms with Crippen molar-refractivity contribution in [1.29, 1.82) is 0 Å². The highest BCUT2D eigenvalue weighted by Crippen LogP contribution is 2.34. The molecule has 0 unspecified atom stereocenters. The highest BCUT2D eigenvalue weighted by atomic mass is 32.1. The minimum atomic E-state index is 0.302. The monoisotopic (exact) mass is 196 g/mol. The lowest BCUT2D eigenvalue weighted by molar-refractivity contribution is 0.605. The Labute approximate surface area is 84.8 Å². The summed E-state index contributed by atoms with van der Waals surface area (Å²) in [5, 5.41) is 7.51. The van der Waals surface area contributed by atoms with E-state index in [1.807, 2.05) is 0 Å². The molecule has 13 heavy (non-hydrogen) atoms. The van der Waals surface area contributed by atoms with Crippen LogP contribution in [0, 0.1) is 0 Å². The number of thiocarbonyl (C=S) groups is 1. The third-order valence-electron chi connectivity index (χ3n) is 2.76. The van der Waals surface area contributed by atoms with Crippen molar-refractivity contribution in [3.05, 3.63) is 12.2 Å². The maximum atomic E-state index is 5.23. The lowest BCUT2D eigenvalue weighted by Gasteiger charge is -2.19. The minimum absolute atomic E-state index is 0.302. The van der Waals surface area contributed by atoms with Gasteiger partial charge in [-0.2, -0.15) is 0 Å². The molecule has 3 heteroatoms. The SMILES string of the molecule is CC1(NC(=S)NC2CC=CC2)CC1. The van der Waals surface area contributed by atoms with Crippen molar-refractivity contribution in [1.82, 2.24) is 10.6 Å². The molecular weight excluding hydrogens is 180 g/mol. The molecule has 0 aromatic rings. The van der Waals surface area contributed by atoms with E-state index in [0.717, 1.165) is 18.0 Å². The second kappa shape index (κ2) is 3.29. The molecule has 72 valence electrons. The fourth-order valence-corrected chi connectivity index (χ4v) is 1.96. The molecule has 0 heterocycles. The normalized spacial score (nSPS) is 24.4.